The van der Waals surface area contributed by atoms with Crippen LogP contribution in [0.4, 0.5) is 9.59 Å². The smallest absolute Gasteiger partial charge is 0.462 e. The zero-order valence-electron chi connectivity index (χ0n) is 40.9. The van der Waals surface area contributed by atoms with Gasteiger partial charge in [-0.25, -0.2) is 9.59 Å². The fourth-order valence-electron chi connectivity index (χ4n) is 7.77. The number of hydrogen-bond donors (Lipinski definition) is 0. The van der Waals surface area contributed by atoms with Crippen LogP contribution in [-0.4, -0.2) is 99.9 Å². The number of esters is 1. The second kappa shape index (κ2) is 47.4. The molecule has 0 radical (unpaired) electrons. The molecule has 0 unspecified atom stereocenters. The van der Waals surface area contributed by atoms with Gasteiger partial charge in [-0.3, -0.25) is 9.69 Å². The standard InChI is InChI=1S/C51H100N2O8/c1-6-11-14-17-20-27-34-44-57-50(55)58-45-35-28-26-33-41-53(43-47-60-51(56)59-46-36-42-52(9-4)10-5)40-32-25-21-24-31-39-49(54)61-48(37-29-22-18-15-12-7-2)38-30-23-19-16-13-8-3/h48H,6-47H2,1-5H3. The van der Waals surface area contributed by atoms with Gasteiger partial charge in [-0.05, 0) is 90.4 Å². The lowest BCUT2D eigenvalue weighted by atomic mass is 10.0. The monoisotopic (exact) mass is 869 g/mol. The number of nitrogens with zero attached hydrogens (tertiary/aromatic N) is 2. The molecule has 10 heteroatoms. The van der Waals surface area contributed by atoms with Crippen LogP contribution in [0, 0.1) is 0 Å². The molecule has 0 N–H and O–H groups in total. The Kier molecular flexibility index (Phi) is 45.8. The van der Waals surface area contributed by atoms with Crippen molar-refractivity contribution in [2.45, 2.75) is 246 Å². The summed E-state index contributed by atoms with van der Waals surface area (Å²) in [6.45, 7) is 18.0. The van der Waals surface area contributed by atoms with E-state index in [2.05, 4.69) is 44.4 Å². The van der Waals surface area contributed by atoms with Gasteiger partial charge in [-0.2, -0.15) is 0 Å². The average molecular weight is 869 g/mol. The summed E-state index contributed by atoms with van der Waals surface area (Å²) < 4.78 is 27.3. The van der Waals surface area contributed by atoms with Crippen molar-refractivity contribution in [3.8, 4) is 0 Å². The predicted molar refractivity (Wildman–Crippen MR) is 253 cm³/mol. The molecule has 0 saturated heterocycles. The molecule has 0 aliphatic heterocycles. The molecule has 0 fully saturated rings. The average Bonchev–Trinajstić information content (AvgIpc) is 3.25. The molecular weight excluding hydrogens is 769 g/mol. The van der Waals surface area contributed by atoms with Crippen molar-refractivity contribution in [3.63, 3.8) is 0 Å². The third kappa shape index (κ3) is 43.0. The van der Waals surface area contributed by atoms with Crippen LogP contribution in [0.5, 0.6) is 0 Å². The minimum absolute atomic E-state index is 0.0131. The van der Waals surface area contributed by atoms with Gasteiger partial charge >= 0.3 is 18.3 Å². The molecule has 0 aliphatic rings. The van der Waals surface area contributed by atoms with Gasteiger partial charge in [0.2, 0.25) is 0 Å². The fourth-order valence-corrected chi connectivity index (χ4v) is 7.77. The summed E-state index contributed by atoms with van der Waals surface area (Å²) >= 11 is 0. The molecule has 0 aliphatic carbocycles. The maximum Gasteiger partial charge on any atom is 0.508 e. The second-order valence-corrected chi connectivity index (χ2v) is 17.4. The zero-order chi connectivity index (χ0) is 44.7. The van der Waals surface area contributed by atoms with Crippen molar-refractivity contribution >= 4 is 18.3 Å². The molecule has 0 heterocycles. The molecule has 0 aromatic rings. The van der Waals surface area contributed by atoms with E-state index in [-0.39, 0.29) is 12.1 Å². The minimum atomic E-state index is -0.588. The maximum absolute atomic E-state index is 12.9. The molecule has 0 spiro atoms. The normalized spacial score (nSPS) is 11.5. The van der Waals surface area contributed by atoms with Crippen LogP contribution in [-0.2, 0) is 28.5 Å². The van der Waals surface area contributed by atoms with Crippen LogP contribution in [0.1, 0.15) is 240 Å². The lowest BCUT2D eigenvalue weighted by molar-refractivity contribution is -0.150. The molecule has 0 bridgehead atoms. The Bertz CT molecular complexity index is 933. The molecule has 362 valence electrons. The zero-order valence-corrected chi connectivity index (χ0v) is 40.9. The third-order valence-corrected chi connectivity index (χ3v) is 11.8. The van der Waals surface area contributed by atoms with E-state index in [0.717, 1.165) is 135 Å². The molecule has 0 aromatic heterocycles. The Balaban J connectivity index is 4.54. The van der Waals surface area contributed by atoms with Gasteiger partial charge in [0.15, 0.2) is 0 Å². The van der Waals surface area contributed by atoms with Gasteiger partial charge in [0.25, 0.3) is 0 Å². The van der Waals surface area contributed by atoms with Crippen molar-refractivity contribution in [1.29, 1.82) is 0 Å². The van der Waals surface area contributed by atoms with E-state index < -0.39 is 12.3 Å². The van der Waals surface area contributed by atoms with Gasteiger partial charge < -0.3 is 28.6 Å². The quantitative estimate of drug-likeness (QED) is 0.0334. The summed E-state index contributed by atoms with van der Waals surface area (Å²) in [4.78, 5) is 41.7. The van der Waals surface area contributed by atoms with Gasteiger partial charge in [0.05, 0.1) is 19.8 Å². The highest BCUT2D eigenvalue weighted by Gasteiger charge is 2.15. The summed E-state index contributed by atoms with van der Waals surface area (Å²) in [5.74, 6) is -0.0131. The van der Waals surface area contributed by atoms with E-state index in [9.17, 15) is 14.4 Å². The third-order valence-electron chi connectivity index (χ3n) is 11.8. The first-order valence-electron chi connectivity index (χ1n) is 26.1. The number of hydrogen-bond acceptors (Lipinski definition) is 10. The highest BCUT2D eigenvalue weighted by atomic mass is 16.7. The van der Waals surface area contributed by atoms with Crippen molar-refractivity contribution in [2.75, 3.05) is 65.7 Å². The molecule has 61 heavy (non-hydrogen) atoms. The predicted octanol–water partition coefficient (Wildman–Crippen LogP) is 14.4. The largest absolute Gasteiger partial charge is 0.508 e. The van der Waals surface area contributed by atoms with E-state index in [1.165, 1.54) is 96.3 Å². The Morgan fingerprint density at radius 1 is 0.361 bits per heavy atom. The van der Waals surface area contributed by atoms with E-state index in [0.29, 0.717) is 39.4 Å². The highest BCUT2D eigenvalue weighted by Crippen LogP contribution is 2.18. The van der Waals surface area contributed by atoms with Crippen molar-refractivity contribution in [1.82, 2.24) is 9.80 Å². The maximum atomic E-state index is 12.9. The van der Waals surface area contributed by atoms with Gasteiger partial charge in [0.1, 0.15) is 12.7 Å². The molecule has 0 rings (SSSR count). The molecule has 0 aromatic carbocycles. The number of carbonyl (C=O) groups excluding carboxylic acids is 3. The Hall–Kier alpha value is -2.07. The molecule has 0 saturated carbocycles. The number of rotatable bonds is 47. The summed E-state index contributed by atoms with van der Waals surface area (Å²) in [7, 11) is 0. The first-order chi connectivity index (χ1) is 29.9. The first kappa shape index (κ1) is 58.9. The summed E-state index contributed by atoms with van der Waals surface area (Å²) in [5, 5.41) is 0. The van der Waals surface area contributed by atoms with E-state index >= 15 is 0 Å². The van der Waals surface area contributed by atoms with Crippen LogP contribution in [0.3, 0.4) is 0 Å². The molecule has 10 nitrogen and oxygen atoms in total. The van der Waals surface area contributed by atoms with E-state index in [4.69, 9.17) is 23.7 Å². The summed E-state index contributed by atoms with van der Waals surface area (Å²) in [6, 6.07) is 0. The van der Waals surface area contributed by atoms with Crippen molar-refractivity contribution in [3.05, 3.63) is 0 Å². The van der Waals surface area contributed by atoms with Crippen LogP contribution < -0.4 is 0 Å². The minimum Gasteiger partial charge on any atom is -0.462 e. The lowest BCUT2D eigenvalue weighted by Gasteiger charge is -2.22. The Labute approximate surface area is 377 Å². The molecule has 0 atom stereocenters. The van der Waals surface area contributed by atoms with Gasteiger partial charge in [-0.15, -0.1) is 0 Å². The Morgan fingerprint density at radius 2 is 0.721 bits per heavy atom. The lowest BCUT2D eigenvalue weighted by Crippen LogP contribution is -2.31. The van der Waals surface area contributed by atoms with Crippen molar-refractivity contribution in [2.24, 2.45) is 0 Å². The van der Waals surface area contributed by atoms with Crippen LogP contribution in [0.15, 0.2) is 0 Å². The number of carbonyl (C=O) groups is 3. The van der Waals surface area contributed by atoms with E-state index in [1.54, 1.807) is 0 Å². The second-order valence-electron chi connectivity index (χ2n) is 17.4. The molecular formula is C51H100N2O8. The van der Waals surface area contributed by atoms with Crippen LogP contribution in [0.2, 0.25) is 0 Å². The Morgan fingerprint density at radius 3 is 1.18 bits per heavy atom. The highest BCUT2D eigenvalue weighted by molar-refractivity contribution is 5.69. The molecule has 0 amide bonds. The number of unbranched alkanes of at least 4 members (excludes halogenated alkanes) is 23. The van der Waals surface area contributed by atoms with E-state index in [1.807, 2.05) is 0 Å². The topological polar surface area (TPSA) is 104 Å². The first-order valence-corrected chi connectivity index (χ1v) is 26.1. The van der Waals surface area contributed by atoms with Crippen molar-refractivity contribution < 1.29 is 38.1 Å². The summed E-state index contributed by atoms with van der Waals surface area (Å²) in [5.41, 5.74) is 0. The van der Waals surface area contributed by atoms with Gasteiger partial charge in [-0.1, -0.05) is 169 Å². The SMILES string of the molecule is CCCCCCCCCOC(=O)OCCCCCCN(CCCCCCCC(=O)OC(CCCCCCCC)CCCCCCCC)CCOC(=O)OCCCN(CC)CC. The summed E-state index contributed by atoms with van der Waals surface area (Å²) in [6.07, 6.45) is 34.8. The van der Waals surface area contributed by atoms with Crippen LogP contribution in [0.25, 0.3) is 0 Å². The van der Waals surface area contributed by atoms with Gasteiger partial charge in [0, 0.05) is 19.5 Å². The van der Waals surface area contributed by atoms with Crippen LogP contribution >= 0.6 is 0 Å². The number of ether oxygens (including phenoxy) is 5. The fraction of sp³-hybridized carbons (Fsp3) is 0.941.